The van der Waals surface area contributed by atoms with E-state index in [1.165, 1.54) is 32.7 Å². The summed E-state index contributed by atoms with van der Waals surface area (Å²) < 4.78 is 44.0. The van der Waals surface area contributed by atoms with Crippen LogP contribution in [-0.4, -0.2) is 58.6 Å². The zero-order valence-corrected chi connectivity index (χ0v) is 17.1. The lowest BCUT2D eigenvalue weighted by Crippen LogP contribution is -2.26. The van der Waals surface area contributed by atoms with Gasteiger partial charge in [-0.25, -0.2) is 18.7 Å². The van der Waals surface area contributed by atoms with Crippen molar-refractivity contribution in [1.82, 2.24) is 25.5 Å². The van der Waals surface area contributed by atoms with Gasteiger partial charge in [-0.3, -0.25) is 9.89 Å². The van der Waals surface area contributed by atoms with Crippen LogP contribution in [-0.2, 0) is 6.61 Å². The van der Waals surface area contributed by atoms with E-state index in [2.05, 4.69) is 30.8 Å². The summed E-state index contributed by atoms with van der Waals surface area (Å²) in [6.07, 6.45) is 2.59. The number of halogens is 2. The number of methoxy groups -OCH3 is 2. The number of H-pyrrole nitrogens is 1. The molecule has 0 atom stereocenters. The standard InChI is InChI=1S/C19H20F2N6O5/c1-30-13-6-14(31-2)17(21)11(16(13)20)9-32-10-7-23-19(24-8-10)25-15-5-12(26-27-15)18(29)22-3-4-28/h5-8,28H,3-4,9H2,1-2H3,(H,22,29)(H2,23,24,25,26,27). The summed E-state index contributed by atoms with van der Waals surface area (Å²) in [4.78, 5) is 19.9. The van der Waals surface area contributed by atoms with Crippen molar-refractivity contribution in [1.29, 1.82) is 0 Å². The summed E-state index contributed by atoms with van der Waals surface area (Å²) in [5, 5.41) is 20.4. The van der Waals surface area contributed by atoms with E-state index >= 15 is 0 Å². The Hall–Kier alpha value is -4.00. The summed E-state index contributed by atoms with van der Waals surface area (Å²) in [6.45, 7) is -0.521. The Kier molecular flexibility index (Phi) is 7.33. The number of nitrogens with zero attached hydrogens (tertiary/aromatic N) is 3. The molecule has 32 heavy (non-hydrogen) atoms. The fourth-order valence-corrected chi connectivity index (χ4v) is 2.56. The quantitative estimate of drug-likeness (QED) is 0.362. The summed E-state index contributed by atoms with van der Waals surface area (Å²) in [7, 11) is 2.51. The van der Waals surface area contributed by atoms with E-state index in [1.807, 2.05) is 0 Å². The van der Waals surface area contributed by atoms with Gasteiger partial charge in [-0.1, -0.05) is 0 Å². The van der Waals surface area contributed by atoms with Crippen molar-refractivity contribution in [3.63, 3.8) is 0 Å². The van der Waals surface area contributed by atoms with Crippen LogP contribution in [0.15, 0.2) is 24.5 Å². The number of anilines is 2. The number of hydrogen-bond acceptors (Lipinski definition) is 9. The summed E-state index contributed by atoms with van der Waals surface area (Å²) in [6, 6.07) is 2.54. The Balaban J connectivity index is 1.64. The number of carbonyl (C=O) groups is 1. The molecule has 13 heteroatoms. The molecule has 0 fully saturated rings. The molecular formula is C19H20F2N6O5. The second-order valence-corrected chi connectivity index (χ2v) is 6.19. The van der Waals surface area contributed by atoms with Crippen molar-refractivity contribution in [2.24, 2.45) is 0 Å². The number of ether oxygens (including phenoxy) is 3. The smallest absolute Gasteiger partial charge is 0.269 e. The minimum absolute atomic E-state index is 0.113. The van der Waals surface area contributed by atoms with Crippen LogP contribution in [0.1, 0.15) is 16.1 Å². The molecule has 0 radical (unpaired) electrons. The van der Waals surface area contributed by atoms with Crippen LogP contribution in [0.4, 0.5) is 20.5 Å². The molecule has 3 aromatic rings. The van der Waals surface area contributed by atoms with Gasteiger partial charge < -0.3 is 30.0 Å². The van der Waals surface area contributed by atoms with Crippen molar-refractivity contribution in [3.05, 3.63) is 47.4 Å². The van der Waals surface area contributed by atoms with Crippen LogP contribution in [0.2, 0.25) is 0 Å². The number of rotatable bonds is 10. The SMILES string of the molecule is COc1cc(OC)c(F)c(COc2cnc(Nc3cc(C(=O)NCCO)[nH]n3)nc2)c1F. The maximum atomic E-state index is 14.4. The zero-order valence-electron chi connectivity index (χ0n) is 17.1. The molecule has 0 saturated carbocycles. The molecule has 0 aliphatic rings. The molecular weight excluding hydrogens is 430 g/mol. The Bertz CT molecular complexity index is 1050. The number of nitrogens with one attached hydrogen (secondary N) is 3. The minimum Gasteiger partial charge on any atom is -0.494 e. The molecule has 0 saturated heterocycles. The number of aliphatic hydroxyl groups is 1. The number of amides is 1. The van der Waals surface area contributed by atoms with Gasteiger partial charge in [0.1, 0.15) is 12.3 Å². The van der Waals surface area contributed by atoms with Crippen LogP contribution < -0.4 is 24.8 Å². The van der Waals surface area contributed by atoms with Gasteiger partial charge >= 0.3 is 0 Å². The van der Waals surface area contributed by atoms with E-state index in [9.17, 15) is 13.6 Å². The van der Waals surface area contributed by atoms with Crippen molar-refractivity contribution < 1.29 is 32.9 Å². The van der Waals surface area contributed by atoms with Crippen LogP contribution >= 0.6 is 0 Å². The van der Waals surface area contributed by atoms with Crippen LogP contribution in [0.25, 0.3) is 0 Å². The molecule has 3 rings (SSSR count). The van der Waals surface area contributed by atoms with E-state index in [1.54, 1.807) is 0 Å². The topological polar surface area (TPSA) is 144 Å². The molecule has 2 aromatic heterocycles. The number of hydrogen-bond donors (Lipinski definition) is 4. The molecule has 0 bridgehead atoms. The van der Waals surface area contributed by atoms with Gasteiger partial charge in [0.25, 0.3) is 5.91 Å². The first-order chi connectivity index (χ1) is 15.5. The van der Waals surface area contributed by atoms with Gasteiger partial charge in [-0.2, -0.15) is 5.10 Å². The molecule has 4 N–H and O–H groups in total. The lowest BCUT2D eigenvalue weighted by atomic mass is 10.1. The van der Waals surface area contributed by atoms with E-state index in [0.717, 1.165) is 6.07 Å². The monoisotopic (exact) mass is 450 g/mol. The van der Waals surface area contributed by atoms with Crippen molar-refractivity contribution >= 4 is 17.7 Å². The van der Waals surface area contributed by atoms with Crippen LogP contribution in [0, 0.1) is 11.6 Å². The van der Waals surface area contributed by atoms with Crippen molar-refractivity contribution in [2.75, 3.05) is 32.7 Å². The van der Waals surface area contributed by atoms with Gasteiger partial charge in [0.15, 0.2) is 34.7 Å². The second kappa shape index (κ2) is 10.3. The number of aromatic amines is 1. The largest absolute Gasteiger partial charge is 0.494 e. The Morgan fingerprint density at radius 3 is 2.38 bits per heavy atom. The van der Waals surface area contributed by atoms with Gasteiger partial charge in [0, 0.05) is 18.7 Å². The first kappa shape index (κ1) is 22.7. The predicted molar refractivity (Wildman–Crippen MR) is 107 cm³/mol. The third-order valence-corrected chi connectivity index (χ3v) is 4.14. The third kappa shape index (κ3) is 5.18. The van der Waals surface area contributed by atoms with Crippen LogP contribution in [0.5, 0.6) is 17.2 Å². The highest BCUT2D eigenvalue weighted by molar-refractivity contribution is 5.93. The molecule has 0 spiro atoms. The highest BCUT2D eigenvalue weighted by Crippen LogP contribution is 2.32. The highest BCUT2D eigenvalue weighted by atomic mass is 19.1. The van der Waals surface area contributed by atoms with Crippen molar-refractivity contribution in [2.45, 2.75) is 6.61 Å². The normalized spacial score (nSPS) is 10.5. The molecule has 0 unspecified atom stereocenters. The van der Waals surface area contributed by atoms with Gasteiger partial charge in [0.2, 0.25) is 5.95 Å². The third-order valence-electron chi connectivity index (χ3n) is 4.14. The lowest BCUT2D eigenvalue weighted by molar-refractivity contribution is 0.0939. The first-order valence-corrected chi connectivity index (χ1v) is 9.22. The van der Waals surface area contributed by atoms with E-state index in [-0.39, 0.29) is 53.4 Å². The fraction of sp³-hybridized carbons (Fsp3) is 0.263. The molecule has 1 aromatic carbocycles. The average molecular weight is 450 g/mol. The molecule has 2 heterocycles. The molecule has 0 aliphatic carbocycles. The minimum atomic E-state index is -0.901. The molecule has 1 amide bonds. The summed E-state index contributed by atoms with van der Waals surface area (Å²) in [5.74, 6) is -2.01. The van der Waals surface area contributed by atoms with E-state index in [4.69, 9.17) is 19.3 Å². The average Bonchev–Trinajstić information content (AvgIpc) is 3.27. The van der Waals surface area contributed by atoms with E-state index < -0.39 is 24.1 Å². The zero-order chi connectivity index (χ0) is 23.1. The number of carbonyl (C=O) groups excluding carboxylic acids is 1. The Morgan fingerprint density at radius 2 is 1.78 bits per heavy atom. The fourth-order valence-electron chi connectivity index (χ4n) is 2.56. The Labute approximate surface area is 180 Å². The number of aromatic nitrogens is 4. The molecule has 0 aliphatic heterocycles. The molecule has 170 valence electrons. The van der Waals surface area contributed by atoms with Crippen LogP contribution in [0.3, 0.4) is 0 Å². The summed E-state index contributed by atoms with van der Waals surface area (Å²) >= 11 is 0. The van der Waals surface area contributed by atoms with E-state index in [0.29, 0.717) is 0 Å². The number of aliphatic hydroxyl groups excluding tert-OH is 1. The second-order valence-electron chi connectivity index (χ2n) is 6.19. The summed E-state index contributed by atoms with van der Waals surface area (Å²) in [5.41, 5.74) is -0.189. The number of benzene rings is 1. The maximum absolute atomic E-state index is 14.4. The maximum Gasteiger partial charge on any atom is 0.269 e. The highest BCUT2D eigenvalue weighted by Gasteiger charge is 2.20. The first-order valence-electron chi connectivity index (χ1n) is 9.22. The van der Waals surface area contributed by atoms with Gasteiger partial charge in [-0.05, 0) is 0 Å². The predicted octanol–water partition coefficient (Wildman–Crippen LogP) is 1.54. The molecule has 11 nitrogen and oxygen atoms in total. The van der Waals surface area contributed by atoms with Gasteiger partial charge in [-0.15, -0.1) is 0 Å². The Morgan fingerprint density at radius 1 is 1.12 bits per heavy atom. The van der Waals surface area contributed by atoms with Gasteiger partial charge in [0.05, 0.1) is 38.8 Å². The van der Waals surface area contributed by atoms with Crippen molar-refractivity contribution in [3.8, 4) is 17.2 Å². The lowest BCUT2D eigenvalue weighted by Gasteiger charge is -2.13.